The predicted molar refractivity (Wildman–Crippen MR) is 110 cm³/mol. The minimum atomic E-state index is -0.116. The van der Waals surface area contributed by atoms with Crippen LogP contribution in [0.3, 0.4) is 0 Å². The summed E-state index contributed by atoms with van der Waals surface area (Å²) in [5, 5.41) is 3.18. The number of piperidine rings is 1. The third kappa shape index (κ3) is 5.47. The molecule has 6 heteroatoms. The lowest BCUT2D eigenvalue weighted by molar-refractivity contribution is -0.146. The first-order chi connectivity index (χ1) is 13.6. The van der Waals surface area contributed by atoms with Gasteiger partial charge in [-0.3, -0.25) is 9.59 Å². The summed E-state index contributed by atoms with van der Waals surface area (Å²) >= 11 is 0. The Morgan fingerprint density at radius 3 is 2.29 bits per heavy atom. The molecule has 2 fully saturated rings. The maximum absolute atomic E-state index is 12.4. The quantitative estimate of drug-likeness (QED) is 0.733. The molecule has 0 atom stereocenters. The van der Waals surface area contributed by atoms with Crippen LogP contribution in [0, 0.1) is 11.8 Å². The number of nitrogens with zero attached hydrogens (tertiary/aromatic N) is 1. The average Bonchev–Trinajstić information content (AvgIpc) is 2.74. The average molecular weight is 388 g/mol. The normalized spacial score (nSPS) is 23.3. The highest BCUT2D eigenvalue weighted by molar-refractivity contribution is 5.76. The molecule has 1 amide bonds. The standard InChI is InChI=1S/C22H33N3O3/c1-28-22(27)18-4-6-19(7-5-18)24-21(26)14-16-10-12-25(13-11-16)20-8-2-17(15-23)3-9-20/h2-3,8-9,16,18-19H,4-7,10-15,23H2,1H3,(H,24,26). The second kappa shape index (κ2) is 9.92. The van der Waals surface area contributed by atoms with Crippen molar-refractivity contribution in [2.24, 2.45) is 17.6 Å². The molecule has 0 spiro atoms. The van der Waals surface area contributed by atoms with Gasteiger partial charge in [0, 0.05) is 37.8 Å². The molecule has 3 N–H and O–H groups in total. The topological polar surface area (TPSA) is 84.7 Å². The number of anilines is 1. The SMILES string of the molecule is COC(=O)C1CCC(NC(=O)CC2CCN(c3ccc(CN)cc3)CC2)CC1. The number of amides is 1. The molecule has 28 heavy (non-hydrogen) atoms. The van der Waals surface area contributed by atoms with Crippen LogP contribution in [0.4, 0.5) is 5.69 Å². The molecule has 1 saturated carbocycles. The zero-order valence-electron chi connectivity index (χ0n) is 16.9. The van der Waals surface area contributed by atoms with Crippen molar-refractivity contribution >= 4 is 17.6 Å². The zero-order chi connectivity index (χ0) is 19.9. The maximum Gasteiger partial charge on any atom is 0.308 e. The third-order valence-electron chi connectivity index (χ3n) is 6.25. The molecule has 0 radical (unpaired) electrons. The first-order valence-corrected chi connectivity index (χ1v) is 10.5. The number of nitrogens with one attached hydrogen (secondary N) is 1. The molecule has 6 nitrogen and oxygen atoms in total. The van der Waals surface area contributed by atoms with E-state index in [2.05, 4.69) is 34.5 Å². The van der Waals surface area contributed by atoms with Crippen LogP contribution in [0.2, 0.25) is 0 Å². The van der Waals surface area contributed by atoms with Crippen LogP contribution in [0.25, 0.3) is 0 Å². The van der Waals surface area contributed by atoms with Gasteiger partial charge in [0.2, 0.25) is 5.91 Å². The van der Waals surface area contributed by atoms with Crippen molar-refractivity contribution in [2.45, 2.75) is 57.5 Å². The van der Waals surface area contributed by atoms with E-state index in [1.165, 1.54) is 12.8 Å². The predicted octanol–water partition coefficient (Wildman–Crippen LogP) is 2.60. The van der Waals surface area contributed by atoms with Crippen molar-refractivity contribution in [2.75, 3.05) is 25.1 Å². The van der Waals surface area contributed by atoms with Gasteiger partial charge in [0.15, 0.2) is 0 Å². The Hall–Kier alpha value is -2.08. The van der Waals surface area contributed by atoms with Crippen molar-refractivity contribution in [3.05, 3.63) is 29.8 Å². The monoisotopic (exact) mass is 387 g/mol. The minimum absolute atomic E-state index is 0.00129. The lowest BCUT2D eigenvalue weighted by Crippen LogP contribution is -2.41. The van der Waals surface area contributed by atoms with Crippen LogP contribution in [0.15, 0.2) is 24.3 Å². The van der Waals surface area contributed by atoms with Gasteiger partial charge >= 0.3 is 5.97 Å². The highest BCUT2D eigenvalue weighted by Gasteiger charge is 2.28. The molecule has 154 valence electrons. The Morgan fingerprint density at radius 2 is 1.71 bits per heavy atom. The summed E-state index contributed by atoms with van der Waals surface area (Å²) in [5.74, 6) is 0.494. The molecule has 2 aliphatic rings. The molecular weight excluding hydrogens is 354 g/mol. The molecule has 0 bridgehead atoms. The molecule has 0 unspecified atom stereocenters. The highest BCUT2D eigenvalue weighted by atomic mass is 16.5. The fourth-order valence-corrected chi connectivity index (χ4v) is 4.43. The van der Waals surface area contributed by atoms with E-state index in [0.29, 0.717) is 18.9 Å². The Bertz CT molecular complexity index is 645. The molecule has 3 rings (SSSR count). The van der Waals surface area contributed by atoms with Crippen LogP contribution in [-0.2, 0) is 20.9 Å². The number of ether oxygens (including phenoxy) is 1. The largest absolute Gasteiger partial charge is 0.469 e. The maximum atomic E-state index is 12.4. The first kappa shape index (κ1) is 20.6. The molecular formula is C22H33N3O3. The number of carbonyl (C=O) groups is 2. The number of hydrogen-bond donors (Lipinski definition) is 2. The molecule has 1 aromatic rings. The summed E-state index contributed by atoms with van der Waals surface area (Å²) in [5.41, 5.74) is 8.05. The van der Waals surface area contributed by atoms with Crippen molar-refractivity contribution in [3.63, 3.8) is 0 Å². The van der Waals surface area contributed by atoms with E-state index in [9.17, 15) is 9.59 Å². The van der Waals surface area contributed by atoms with Gasteiger partial charge in [-0.15, -0.1) is 0 Å². The molecule has 1 aliphatic heterocycles. The summed E-state index contributed by atoms with van der Waals surface area (Å²) in [4.78, 5) is 26.4. The number of esters is 1. The Morgan fingerprint density at radius 1 is 1.07 bits per heavy atom. The van der Waals surface area contributed by atoms with Crippen LogP contribution in [-0.4, -0.2) is 38.1 Å². The number of methoxy groups -OCH3 is 1. The second-order valence-electron chi connectivity index (χ2n) is 8.14. The first-order valence-electron chi connectivity index (χ1n) is 10.5. The van der Waals surface area contributed by atoms with Gasteiger partial charge in [0.05, 0.1) is 13.0 Å². The van der Waals surface area contributed by atoms with E-state index >= 15 is 0 Å². The van der Waals surface area contributed by atoms with E-state index < -0.39 is 0 Å². The zero-order valence-corrected chi connectivity index (χ0v) is 16.9. The van der Waals surface area contributed by atoms with Gasteiger partial charge in [0.1, 0.15) is 0 Å². The smallest absolute Gasteiger partial charge is 0.308 e. The Balaban J connectivity index is 1.37. The number of carbonyl (C=O) groups excluding carboxylic acids is 2. The molecule has 1 aliphatic carbocycles. The summed E-state index contributed by atoms with van der Waals surface area (Å²) in [6, 6.07) is 8.66. The van der Waals surface area contributed by atoms with Gasteiger partial charge < -0.3 is 20.7 Å². The number of rotatable bonds is 6. The van der Waals surface area contributed by atoms with Gasteiger partial charge in [-0.25, -0.2) is 0 Å². The third-order valence-corrected chi connectivity index (χ3v) is 6.25. The van der Waals surface area contributed by atoms with Gasteiger partial charge in [0.25, 0.3) is 0 Å². The van der Waals surface area contributed by atoms with E-state index in [0.717, 1.165) is 57.2 Å². The van der Waals surface area contributed by atoms with Crippen LogP contribution in [0.5, 0.6) is 0 Å². The summed E-state index contributed by atoms with van der Waals surface area (Å²) in [7, 11) is 1.44. The molecule has 1 heterocycles. The summed E-state index contributed by atoms with van der Waals surface area (Å²) < 4.78 is 4.82. The highest BCUT2D eigenvalue weighted by Crippen LogP contribution is 2.27. The van der Waals surface area contributed by atoms with E-state index in [1.807, 2.05) is 0 Å². The summed E-state index contributed by atoms with van der Waals surface area (Å²) in [6.45, 7) is 2.55. The van der Waals surface area contributed by atoms with E-state index in [1.54, 1.807) is 0 Å². The number of benzene rings is 1. The Labute approximate surface area is 167 Å². The number of hydrogen-bond acceptors (Lipinski definition) is 5. The van der Waals surface area contributed by atoms with Gasteiger partial charge in [-0.05, 0) is 62.1 Å². The molecule has 1 aromatic carbocycles. The number of nitrogens with two attached hydrogens (primary N) is 1. The fourth-order valence-electron chi connectivity index (χ4n) is 4.43. The van der Waals surface area contributed by atoms with E-state index in [4.69, 9.17) is 10.5 Å². The molecule has 1 saturated heterocycles. The minimum Gasteiger partial charge on any atom is -0.469 e. The Kier molecular flexibility index (Phi) is 7.31. The van der Waals surface area contributed by atoms with Crippen molar-refractivity contribution in [1.82, 2.24) is 5.32 Å². The fraction of sp³-hybridized carbons (Fsp3) is 0.636. The van der Waals surface area contributed by atoms with Crippen molar-refractivity contribution in [1.29, 1.82) is 0 Å². The van der Waals surface area contributed by atoms with Crippen molar-refractivity contribution in [3.8, 4) is 0 Å². The lowest BCUT2D eigenvalue weighted by atomic mass is 9.85. The van der Waals surface area contributed by atoms with Crippen LogP contribution in [0.1, 0.15) is 50.5 Å². The van der Waals surface area contributed by atoms with E-state index in [-0.39, 0.29) is 23.8 Å². The lowest BCUT2D eigenvalue weighted by Gasteiger charge is -2.34. The van der Waals surface area contributed by atoms with Crippen LogP contribution < -0.4 is 16.0 Å². The van der Waals surface area contributed by atoms with Gasteiger partial charge in [-0.2, -0.15) is 0 Å². The van der Waals surface area contributed by atoms with Gasteiger partial charge in [-0.1, -0.05) is 12.1 Å². The molecule has 0 aromatic heterocycles. The summed E-state index contributed by atoms with van der Waals surface area (Å²) in [6.07, 6.45) is 6.03. The van der Waals surface area contributed by atoms with Crippen LogP contribution >= 0.6 is 0 Å². The second-order valence-corrected chi connectivity index (χ2v) is 8.14. The van der Waals surface area contributed by atoms with Crippen molar-refractivity contribution < 1.29 is 14.3 Å².